The molecule has 6 nitrogen and oxygen atoms in total. The van der Waals surface area contributed by atoms with Crippen LogP contribution in [-0.4, -0.2) is 49.4 Å². The first kappa shape index (κ1) is 23.2. The fourth-order valence-electron chi connectivity index (χ4n) is 2.95. The van der Waals surface area contributed by atoms with E-state index >= 15 is 0 Å². The first-order chi connectivity index (χ1) is 15.1. The van der Waals surface area contributed by atoms with E-state index in [-0.39, 0.29) is 5.91 Å². The molecule has 0 aromatic heterocycles. The first-order valence-corrected chi connectivity index (χ1v) is 11.2. The van der Waals surface area contributed by atoms with Crippen LogP contribution in [-0.2, 0) is 9.53 Å². The number of rotatable bonds is 9. The average Bonchev–Trinajstić information content (AvgIpc) is 3.04. The van der Waals surface area contributed by atoms with Crippen LogP contribution < -0.4 is 9.47 Å². The summed E-state index contributed by atoms with van der Waals surface area (Å²) in [4.78, 5) is 19.9. The maximum atomic E-state index is 13.1. The Morgan fingerprint density at radius 3 is 2.55 bits per heavy atom. The van der Waals surface area contributed by atoms with Crippen LogP contribution >= 0.6 is 23.4 Å². The van der Waals surface area contributed by atoms with Gasteiger partial charge in [-0.3, -0.25) is 9.69 Å². The van der Waals surface area contributed by atoms with Gasteiger partial charge in [0.15, 0.2) is 16.7 Å². The molecule has 3 rings (SSSR count). The molecule has 0 radical (unpaired) electrons. The summed E-state index contributed by atoms with van der Waals surface area (Å²) in [6.45, 7) is 5.56. The minimum absolute atomic E-state index is 0.125. The number of ether oxygens (including phenoxy) is 3. The number of amides is 1. The standard InChI is InChI=1S/C23H25ClN2O4S/c1-4-29-19-14-16(13-18(24)21(19)30-5-2)15-20-22(27)26(11-12-28-3)23(31-20)25-17-9-7-6-8-10-17/h6-10,13-15H,4-5,11-12H2,1-3H3. The number of nitrogens with zero attached hydrogens (tertiary/aromatic N) is 2. The van der Waals surface area contributed by atoms with Gasteiger partial charge in [-0.05, 0) is 61.5 Å². The molecular weight excluding hydrogens is 436 g/mol. The molecule has 0 saturated carbocycles. The zero-order valence-corrected chi connectivity index (χ0v) is 19.3. The van der Waals surface area contributed by atoms with E-state index in [4.69, 9.17) is 25.8 Å². The third-order valence-corrected chi connectivity index (χ3v) is 5.59. The predicted octanol–water partition coefficient (Wildman–Crippen LogP) is 5.39. The lowest BCUT2D eigenvalue weighted by Gasteiger charge is -2.14. The summed E-state index contributed by atoms with van der Waals surface area (Å²) in [7, 11) is 1.61. The van der Waals surface area contributed by atoms with Gasteiger partial charge in [-0.25, -0.2) is 4.99 Å². The summed E-state index contributed by atoms with van der Waals surface area (Å²) >= 11 is 7.75. The van der Waals surface area contributed by atoms with E-state index in [0.29, 0.717) is 53.0 Å². The van der Waals surface area contributed by atoms with Crippen molar-refractivity contribution in [3.63, 3.8) is 0 Å². The Morgan fingerprint density at radius 1 is 1.13 bits per heavy atom. The molecule has 0 aliphatic carbocycles. The number of thioether (sulfide) groups is 1. The minimum atomic E-state index is -0.125. The van der Waals surface area contributed by atoms with Gasteiger partial charge in [0.1, 0.15) is 0 Å². The van der Waals surface area contributed by atoms with Gasteiger partial charge in [-0.1, -0.05) is 29.8 Å². The number of methoxy groups -OCH3 is 1. The Labute approximate surface area is 191 Å². The fourth-order valence-corrected chi connectivity index (χ4v) is 4.25. The van der Waals surface area contributed by atoms with Crippen LogP contribution in [0, 0.1) is 0 Å². The van der Waals surface area contributed by atoms with Crippen LogP contribution in [0.5, 0.6) is 11.5 Å². The molecular formula is C23H25ClN2O4S. The van der Waals surface area contributed by atoms with E-state index in [1.165, 1.54) is 11.8 Å². The van der Waals surface area contributed by atoms with Crippen molar-refractivity contribution in [2.45, 2.75) is 13.8 Å². The molecule has 1 amide bonds. The second kappa shape index (κ2) is 11.2. The first-order valence-electron chi connectivity index (χ1n) is 10.0. The van der Waals surface area contributed by atoms with Gasteiger partial charge in [0.05, 0.1) is 42.0 Å². The second-order valence-corrected chi connectivity index (χ2v) is 7.90. The Kier molecular flexibility index (Phi) is 8.40. The summed E-state index contributed by atoms with van der Waals surface area (Å²) < 4.78 is 16.5. The molecule has 8 heteroatoms. The van der Waals surface area contributed by atoms with Gasteiger partial charge >= 0.3 is 0 Å². The average molecular weight is 461 g/mol. The van der Waals surface area contributed by atoms with E-state index in [0.717, 1.165) is 11.3 Å². The van der Waals surface area contributed by atoms with Crippen LogP contribution in [0.15, 0.2) is 52.4 Å². The van der Waals surface area contributed by atoms with Crippen LogP contribution in [0.25, 0.3) is 6.08 Å². The highest BCUT2D eigenvalue weighted by Crippen LogP contribution is 2.39. The maximum absolute atomic E-state index is 13.1. The van der Waals surface area contributed by atoms with E-state index in [1.54, 1.807) is 24.2 Å². The Morgan fingerprint density at radius 2 is 1.87 bits per heavy atom. The highest BCUT2D eigenvalue weighted by molar-refractivity contribution is 8.18. The van der Waals surface area contributed by atoms with Crippen molar-refractivity contribution < 1.29 is 19.0 Å². The number of para-hydroxylation sites is 1. The molecule has 164 valence electrons. The summed E-state index contributed by atoms with van der Waals surface area (Å²) in [5, 5.41) is 1.05. The number of carbonyl (C=O) groups is 1. The van der Waals surface area contributed by atoms with Gasteiger partial charge in [0, 0.05) is 7.11 Å². The molecule has 0 N–H and O–H groups in total. The number of hydrogen-bond acceptors (Lipinski definition) is 6. The van der Waals surface area contributed by atoms with Crippen molar-refractivity contribution in [3.05, 3.63) is 58.0 Å². The molecule has 2 aromatic rings. The summed E-state index contributed by atoms with van der Waals surface area (Å²) in [6, 6.07) is 13.1. The third kappa shape index (κ3) is 5.81. The predicted molar refractivity (Wildman–Crippen MR) is 126 cm³/mol. The molecule has 1 fully saturated rings. The van der Waals surface area contributed by atoms with Crippen LogP contribution in [0.2, 0.25) is 5.02 Å². The van der Waals surface area contributed by atoms with E-state index < -0.39 is 0 Å². The largest absolute Gasteiger partial charge is 0.490 e. The summed E-state index contributed by atoms with van der Waals surface area (Å²) in [5.41, 5.74) is 1.53. The van der Waals surface area contributed by atoms with E-state index in [9.17, 15) is 4.79 Å². The molecule has 0 unspecified atom stereocenters. The number of benzene rings is 2. The molecule has 2 aromatic carbocycles. The number of carbonyl (C=O) groups excluding carboxylic acids is 1. The molecule has 0 atom stereocenters. The van der Waals surface area contributed by atoms with Crippen LogP contribution in [0.4, 0.5) is 5.69 Å². The van der Waals surface area contributed by atoms with Crippen LogP contribution in [0.3, 0.4) is 0 Å². The molecule has 1 aliphatic heterocycles. The zero-order chi connectivity index (χ0) is 22.2. The second-order valence-electron chi connectivity index (χ2n) is 6.49. The van der Waals surface area contributed by atoms with Crippen molar-refractivity contribution in [2.24, 2.45) is 4.99 Å². The van der Waals surface area contributed by atoms with Gasteiger partial charge in [-0.2, -0.15) is 0 Å². The Hall–Kier alpha value is -2.48. The van der Waals surface area contributed by atoms with Gasteiger partial charge in [0.25, 0.3) is 5.91 Å². The Balaban J connectivity index is 1.96. The van der Waals surface area contributed by atoms with Crippen molar-refractivity contribution in [1.29, 1.82) is 0 Å². The lowest BCUT2D eigenvalue weighted by atomic mass is 10.1. The van der Waals surface area contributed by atoms with E-state index in [2.05, 4.69) is 4.99 Å². The monoisotopic (exact) mass is 460 g/mol. The molecule has 1 saturated heterocycles. The molecule has 0 bridgehead atoms. The van der Waals surface area contributed by atoms with Crippen molar-refractivity contribution >= 4 is 46.2 Å². The summed E-state index contributed by atoms with van der Waals surface area (Å²) in [5.74, 6) is 0.930. The molecule has 1 aliphatic rings. The van der Waals surface area contributed by atoms with Crippen LogP contribution in [0.1, 0.15) is 19.4 Å². The number of aliphatic imine (C=N–C) groups is 1. The van der Waals surface area contributed by atoms with Gasteiger partial charge < -0.3 is 14.2 Å². The molecule has 31 heavy (non-hydrogen) atoms. The minimum Gasteiger partial charge on any atom is -0.490 e. The quantitative estimate of drug-likeness (QED) is 0.469. The number of halogens is 1. The lowest BCUT2D eigenvalue weighted by Crippen LogP contribution is -2.32. The lowest BCUT2D eigenvalue weighted by molar-refractivity contribution is -0.122. The van der Waals surface area contributed by atoms with Crippen molar-refractivity contribution in [3.8, 4) is 11.5 Å². The Bertz CT molecular complexity index is 979. The van der Waals surface area contributed by atoms with Gasteiger partial charge in [0.2, 0.25) is 0 Å². The number of amidine groups is 1. The third-order valence-electron chi connectivity index (χ3n) is 4.31. The maximum Gasteiger partial charge on any atom is 0.266 e. The van der Waals surface area contributed by atoms with Gasteiger partial charge in [-0.15, -0.1) is 0 Å². The zero-order valence-electron chi connectivity index (χ0n) is 17.8. The number of hydrogen-bond donors (Lipinski definition) is 0. The van der Waals surface area contributed by atoms with Crippen molar-refractivity contribution in [2.75, 3.05) is 33.5 Å². The fraction of sp³-hybridized carbons (Fsp3) is 0.304. The summed E-state index contributed by atoms with van der Waals surface area (Å²) in [6.07, 6.45) is 1.80. The highest BCUT2D eigenvalue weighted by atomic mass is 35.5. The van der Waals surface area contributed by atoms with E-state index in [1.807, 2.05) is 50.2 Å². The highest BCUT2D eigenvalue weighted by Gasteiger charge is 2.33. The molecule has 1 heterocycles. The smallest absolute Gasteiger partial charge is 0.266 e. The van der Waals surface area contributed by atoms with Crippen molar-refractivity contribution in [1.82, 2.24) is 4.90 Å². The SMILES string of the molecule is CCOc1cc(C=C2SC(=Nc3ccccc3)N(CCOC)C2=O)cc(Cl)c1OCC. The normalized spacial score (nSPS) is 16.4. The molecule has 0 spiro atoms. The topological polar surface area (TPSA) is 60.4 Å².